The zero-order valence-electron chi connectivity index (χ0n) is 18.3. The molecule has 162 valence electrons. The highest BCUT2D eigenvalue weighted by molar-refractivity contribution is 5.93. The lowest BCUT2D eigenvalue weighted by Crippen LogP contribution is -2.37. The molecular weight excluding hydrogens is 390 g/mol. The van der Waals surface area contributed by atoms with E-state index in [4.69, 9.17) is 4.74 Å². The molecule has 1 saturated heterocycles. The van der Waals surface area contributed by atoms with Gasteiger partial charge in [0.15, 0.2) is 5.69 Å². The Kier molecular flexibility index (Phi) is 6.32. The number of amides is 1. The molecule has 1 amide bonds. The Balaban J connectivity index is 1.53. The number of methoxy groups -OCH3 is 1. The first-order chi connectivity index (χ1) is 15.1. The first-order valence-electron chi connectivity index (χ1n) is 10.7. The number of ether oxygens (including phenoxy) is 1. The molecule has 0 radical (unpaired) electrons. The number of hydrogen-bond donors (Lipinski definition) is 1. The molecule has 31 heavy (non-hydrogen) atoms. The Morgan fingerprint density at radius 2 is 1.90 bits per heavy atom. The topological polar surface area (TPSA) is 72.3 Å². The van der Waals surface area contributed by atoms with Crippen LogP contribution in [0, 0.1) is 13.8 Å². The van der Waals surface area contributed by atoms with Gasteiger partial charge in [0, 0.05) is 12.1 Å². The highest BCUT2D eigenvalue weighted by Gasteiger charge is 2.27. The van der Waals surface area contributed by atoms with Crippen LogP contribution >= 0.6 is 0 Å². The summed E-state index contributed by atoms with van der Waals surface area (Å²) >= 11 is 0. The Bertz CT molecular complexity index is 1060. The minimum Gasteiger partial charge on any atom is -0.496 e. The fraction of sp³-hybridized carbons (Fsp3) is 0.375. The number of carbonyl (C=O) groups is 1. The second-order valence-corrected chi connectivity index (χ2v) is 7.99. The van der Waals surface area contributed by atoms with Crippen molar-refractivity contribution in [2.75, 3.05) is 26.7 Å². The summed E-state index contributed by atoms with van der Waals surface area (Å²) in [7, 11) is 1.69. The van der Waals surface area contributed by atoms with E-state index in [1.165, 1.54) is 12.8 Å². The number of benzene rings is 2. The number of rotatable bonds is 7. The average Bonchev–Trinajstić information content (AvgIpc) is 3.44. The van der Waals surface area contributed by atoms with Crippen LogP contribution in [0.25, 0.3) is 5.69 Å². The normalized spacial score (nSPS) is 15.1. The number of likely N-dealkylation sites (tertiary alicyclic amines) is 1. The molecule has 1 fully saturated rings. The van der Waals surface area contributed by atoms with Crippen molar-refractivity contribution in [2.45, 2.75) is 32.7 Å². The van der Waals surface area contributed by atoms with E-state index < -0.39 is 0 Å². The minimum atomic E-state index is -0.213. The van der Waals surface area contributed by atoms with Crippen LogP contribution in [0.3, 0.4) is 0 Å². The number of carbonyl (C=O) groups excluding carboxylic acids is 1. The van der Waals surface area contributed by atoms with Crippen LogP contribution in [0.2, 0.25) is 0 Å². The fourth-order valence-corrected chi connectivity index (χ4v) is 4.25. The van der Waals surface area contributed by atoms with Crippen molar-refractivity contribution in [1.82, 2.24) is 25.2 Å². The summed E-state index contributed by atoms with van der Waals surface area (Å²) in [6.45, 7) is 6.41. The van der Waals surface area contributed by atoms with E-state index in [1.807, 2.05) is 56.3 Å². The largest absolute Gasteiger partial charge is 0.496 e. The number of para-hydroxylation sites is 1. The van der Waals surface area contributed by atoms with Crippen molar-refractivity contribution < 1.29 is 9.53 Å². The van der Waals surface area contributed by atoms with Crippen molar-refractivity contribution >= 4 is 5.91 Å². The number of nitrogens with one attached hydrogen (secondary N) is 1. The van der Waals surface area contributed by atoms with Gasteiger partial charge >= 0.3 is 0 Å². The van der Waals surface area contributed by atoms with Gasteiger partial charge in [0.05, 0.1) is 24.5 Å². The summed E-state index contributed by atoms with van der Waals surface area (Å²) in [6, 6.07) is 16.1. The van der Waals surface area contributed by atoms with Crippen molar-refractivity contribution in [1.29, 1.82) is 0 Å². The smallest absolute Gasteiger partial charge is 0.273 e. The van der Waals surface area contributed by atoms with Crippen LogP contribution < -0.4 is 10.1 Å². The van der Waals surface area contributed by atoms with Crippen LogP contribution in [0.15, 0.2) is 48.5 Å². The number of aryl methyl sites for hydroxylation is 1. The summed E-state index contributed by atoms with van der Waals surface area (Å²) in [5.74, 6) is 0.630. The molecule has 1 aliphatic rings. The van der Waals surface area contributed by atoms with Crippen LogP contribution in [-0.2, 0) is 0 Å². The third-order valence-corrected chi connectivity index (χ3v) is 5.89. The first-order valence-corrected chi connectivity index (χ1v) is 10.7. The predicted molar refractivity (Wildman–Crippen MR) is 120 cm³/mol. The van der Waals surface area contributed by atoms with Crippen molar-refractivity contribution in [2.24, 2.45) is 0 Å². The Morgan fingerprint density at radius 3 is 2.65 bits per heavy atom. The lowest BCUT2D eigenvalue weighted by molar-refractivity contribution is 0.0931. The van der Waals surface area contributed by atoms with Gasteiger partial charge < -0.3 is 10.1 Å². The highest BCUT2D eigenvalue weighted by atomic mass is 16.5. The Morgan fingerprint density at radius 1 is 1.13 bits per heavy atom. The van der Waals surface area contributed by atoms with Crippen molar-refractivity contribution in [3.05, 3.63) is 71.0 Å². The molecule has 7 nitrogen and oxygen atoms in total. The van der Waals surface area contributed by atoms with E-state index in [2.05, 4.69) is 26.6 Å². The fourth-order valence-electron chi connectivity index (χ4n) is 4.25. The molecule has 2 aromatic carbocycles. The summed E-state index contributed by atoms with van der Waals surface area (Å²) in [5, 5.41) is 11.5. The van der Waals surface area contributed by atoms with E-state index >= 15 is 0 Å². The molecule has 1 atom stereocenters. The second-order valence-electron chi connectivity index (χ2n) is 7.99. The second kappa shape index (κ2) is 9.31. The first kappa shape index (κ1) is 21.1. The lowest BCUT2D eigenvalue weighted by Gasteiger charge is -2.29. The van der Waals surface area contributed by atoms with Gasteiger partial charge in [-0.25, -0.2) is 4.68 Å². The predicted octanol–water partition coefficient (Wildman–Crippen LogP) is 3.46. The minimum absolute atomic E-state index is 0.0507. The molecule has 1 N–H and O–H groups in total. The third kappa shape index (κ3) is 4.46. The Hall–Kier alpha value is -3.19. The highest BCUT2D eigenvalue weighted by Crippen LogP contribution is 2.31. The monoisotopic (exact) mass is 419 g/mol. The van der Waals surface area contributed by atoms with Gasteiger partial charge in [0.1, 0.15) is 5.75 Å². The molecule has 0 bridgehead atoms. The molecule has 2 heterocycles. The van der Waals surface area contributed by atoms with Crippen molar-refractivity contribution in [3.8, 4) is 11.4 Å². The third-order valence-electron chi connectivity index (χ3n) is 5.89. The molecule has 0 aliphatic carbocycles. The van der Waals surface area contributed by atoms with Gasteiger partial charge in [0.25, 0.3) is 5.91 Å². The lowest BCUT2D eigenvalue weighted by atomic mass is 10.0. The number of hydrogen-bond acceptors (Lipinski definition) is 5. The van der Waals surface area contributed by atoms with E-state index in [0.29, 0.717) is 12.2 Å². The van der Waals surface area contributed by atoms with Gasteiger partial charge in [-0.1, -0.05) is 35.5 Å². The van der Waals surface area contributed by atoms with E-state index in [-0.39, 0.29) is 11.9 Å². The summed E-state index contributed by atoms with van der Waals surface area (Å²) in [5.41, 5.74) is 4.18. The molecule has 1 aromatic heterocycles. The van der Waals surface area contributed by atoms with Crippen molar-refractivity contribution in [3.63, 3.8) is 0 Å². The van der Waals surface area contributed by atoms with Gasteiger partial charge in [-0.05, 0) is 63.5 Å². The zero-order valence-corrected chi connectivity index (χ0v) is 18.3. The van der Waals surface area contributed by atoms with Gasteiger partial charge in [-0.2, -0.15) is 0 Å². The maximum atomic E-state index is 13.0. The standard InChI is InChI=1S/C24H29N5O2/c1-17-9-8-10-19(15-17)29-18(2)23(26-27-29)24(30)25-16-21(28-13-6-7-14-28)20-11-4-5-12-22(20)31-3/h4-5,8-12,15,21H,6-7,13-14,16H2,1-3H3,(H,25,30). The number of nitrogens with zero attached hydrogens (tertiary/aromatic N) is 4. The van der Waals surface area contributed by atoms with Crippen LogP contribution in [0.5, 0.6) is 5.75 Å². The Labute approximate surface area is 183 Å². The van der Waals surface area contributed by atoms with Gasteiger partial charge in [-0.3, -0.25) is 9.69 Å². The number of aromatic nitrogens is 3. The zero-order chi connectivity index (χ0) is 21.8. The molecule has 1 aliphatic heterocycles. The molecule has 4 rings (SSSR count). The molecule has 1 unspecified atom stereocenters. The van der Waals surface area contributed by atoms with E-state index in [0.717, 1.165) is 41.3 Å². The summed E-state index contributed by atoms with van der Waals surface area (Å²) in [6.07, 6.45) is 2.34. The summed E-state index contributed by atoms with van der Waals surface area (Å²) < 4.78 is 7.30. The summed E-state index contributed by atoms with van der Waals surface area (Å²) in [4.78, 5) is 15.4. The van der Waals surface area contributed by atoms with Crippen LogP contribution in [0.1, 0.15) is 46.2 Å². The van der Waals surface area contributed by atoms with Crippen LogP contribution in [0.4, 0.5) is 0 Å². The molecule has 7 heteroatoms. The van der Waals surface area contributed by atoms with Gasteiger partial charge in [-0.15, -0.1) is 5.10 Å². The van der Waals surface area contributed by atoms with Gasteiger partial charge in [0.2, 0.25) is 0 Å². The molecular formula is C24H29N5O2. The van der Waals surface area contributed by atoms with E-state index in [1.54, 1.807) is 11.8 Å². The molecule has 3 aromatic rings. The molecule has 0 saturated carbocycles. The molecule has 0 spiro atoms. The SMILES string of the molecule is COc1ccccc1C(CNC(=O)c1nnn(-c2cccc(C)c2)c1C)N1CCCC1. The maximum absolute atomic E-state index is 13.0. The van der Waals surface area contributed by atoms with Crippen LogP contribution in [-0.4, -0.2) is 52.5 Å². The quantitative estimate of drug-likeness (QED) is 0.635. The maximum Gasteiger partial charge on any atom is 0.273 e. The average molecular weight is 420 g/mol. The van der Waals surface area contributed by atoms with E-state index in [9.17, 15) is 4.79 Å².